The van der Waals surface area contributed by atoms with Crippen molar-refractivity contribution < 1.29 is 22.3 Å². The van der Waals surface area contributed by atoms with Gasteiger partial charge in [0.2, 0.25) is 16.8 Å². The van der Waals surface area contributed by atoms with E-state index in [2.05, 4.69) is 0 Å². The van der Waals surface area contributed by atoms with Gasteiger partial charge in [-0.2, -0.15) is 4.31 Å². The van der Waals surface area contributed by atoms with Crippen molar-refractivity contribution >= 4 is 10.0 Å². The van der Waals surface area contributed by atoms with Crippen molar-refractivity contribution in [3.05, 3.63) is 42.4 Å². The largest absolute Gasteiger partial charge is 0.469 e. The van der Waals surface area contributed by atoms with Gasteiger partial charge in [-0.15, -0.1) is 0 Å². The third kappa shape index (κ3) is 2.17. The van der Waals surface area contributed by atoms with Gasteiger partial charge in [-0.05, 0) is 30.7 Å². The Kier molecular flexibility index (Phi) is 3.12. The van der Waals surface area contributed by atoms with Crippen LogP contribution in [0.15, 0.2) is 45.9 Å². The summed E-state index contributed by atoms with van der Waals surface area (Å²) < 4.78 is 42.9. The van der Waals surface area contributed by atoms with E-state index in [9.17, 15) is 8.42 Å². The van der Waals surface area contributed by atoms with E-state index in [1.165, 1.54) is 10.4 Å². The van der Waals surface area contributed by atoms with Crippen LogP contribution in [0.3, 0.4) is 0 Å². The van der Waals surface area contributed by atoms with Crippen LogP contribution in [0, 0.1) is 0 Å². The zero-order chi connectivity index (χ0) is 15.2. The normalized spacial score (nSPS) is 21.4. The predicted octanol–water partition coefficient (Wildman–Crippen LogP) is 2.19. The number of hydrogen-bond acceptors (Lipinski definition) is 5. The van der Waals surface area contributed by atoms with Crippen LogP contribution in [0.1, 0.15) is 18.1 Å². The Morgan fingerprint density at radius 2 is 2.00 bits per heavy atom. The molecular weight excluding hydrogens is 306 g/mol. The first-order valence-corrected chi connectivity index (χ1v) is 8.52. The van der Waals surface area contributed by atoms with Crippen molar-refractivity contribution in [1.29, 1.82) is 0 Å². The van der Waals surface area contributed by atoms with Gasteiger partial charge in [-0.3, -0.25) is 0 Å². The van der Waals surface area contributed by atoms with Gasteiger partial charge in [0.25, 0.3) is 0 Å². The number of hydrogen-bond donors (Lipinski definition) is 0. The average molecular weight is 321 g/mol. The van der Waals surface area contributed by atoms with Crippen molar-refractivity contribution in [2.24, 2.45) is 0 Å². The van der Waals surface area contributed by atoms with E-state index >= 15 is 0 Å². The van der Waals surface area contributed by atoms with Crippen molar-refractivity contribution in [2.75, 3.05) is 19.9 Å². The fraction of sp³-hybridized carbons (Fsp3) is 0.333. The highest BCUT2D eigenvalue weighted by molar-refractivity contribution is 7.89. The molecule has 0 saturated carbocycles. The number of rotatable bonds is 3. The fourth-order valence-electron chi connectivity index (χ4n) is 2.89. The van der Waals surface area contributed by atoms with Gasteiger partial charge in [0.1, 0.15) is 5.76 Å². The number of fused-ring (bicyclic) bond motifs is 1. The van der Waals surface area contributed by atoms with Gasteiger partial charge in [0.05, 0.1) is 11.2 Å². The number of ether oxygens (including phenoxy) is 2. The molecule has 0 amide bonds. The van der Waals surface area contributed by atoms with Crippen LogP contribution in [0.5, 0.6) is 11.5 Å². The second-order valence-corrected chi connectivity index (χ2v) is 7.32. The minimum Gasteiger partial charge on any atom is -0.469 e. The topological polar surface area (TPSA) is 69.0 Å². The Labute approximate surface area is 128 Å². The monoisotopic (exact) mass is 321 g/mol. The summed E-state index contributed by atoms with van der Waals surface area (Å²) in [7, 11) is -3.53. The summed E-state index contributed by atoms with van der Waals surface area (Å²) in [5.41, 5.74) is 0. The molecule has 6 nitrogen and oxygen atoms in total. The maximum absolute atomic E-state index is 12.7. The summed E-state index contributed by atoms with van der Waals surface area (Å²) in [5, 5.41) is 0. The van der Waals surface area contributed by atoms with Crippen LogP contribution >= 0.6 is 0 Å². The molecule has 7 heteroatoms. The van der Waals surface area contributed by atoms with Crippen LogP contribution in [0.4, 0.5) is 0 Å². The van der Waals surface area contributed by atoms with Gasteiger partial charge >= 0.3 is 0 Å². The third-order valence-electron chi connectivity index (χ3n) is 4.08. The van der Waals surface area contributed by atoms with Crippen LogP contribution in [-0.2, 0) is 10.0 Å². The van der Waals surface area contributed by atoms with Gasteiger partial charge < -0.3 is 13.9 Å². The first-order valence-electron chi connectivity index (χ1n) is 7.08. The van der Waals surface area contributed by atoms with Crippen LogP contribution in [0.2, 0.25) is 0 Å². The fourth-order valence-corrected chi connectivity index (χ4v) is 4.40. The van der Waals surface area contributed by atoms with E-state index < -0.39 is 10.0 Å². The van der Waals surface area contributed by atoms with E-state index in [1.54, 1.807) is 18.4 Å². The first kappa shape index (κ1) is 13.7. The van der Waals surface area contributed by atoms with Gasteiger partial charge in [-0.1, -0.05) is 0 Å². The SMILES string of the molecule is O=S(=O)(c1ccc2c(c1)OCO2)N1CCC(c2ccco2)C1. The molecular formula is C15H15NO5S. The molecule has 1 fully saturated rings. The highest BCUT2D eigenvalue weighted by Crippen LogP contribution is 2.36. The van der Waals surface area contributed by atoms with Crippen molar-refractivity contribution in [3.63, 3.8) is 0 Å². The minimum absolute atomic E-state index is 0.110. The molecule has 22 heavy (non-hydrogen) atoms. The number of furan rings is 1. The number of nitrogens with zero attached hydrogens (tertiary/aromatic N) is 1. The van der Waals surface area contributed by atoms with E-state index in [-0.39, 0.29) is 17.6 Å². The molecule has 1 aromatic heterocycles. The lowest BCUT2D eigenvalue weighted by Crippen LogP contribution is -2.28. The van der Waals surface area contributed by atoms with Gasteiger partial charge in [-0.25, -0.2) is 8.42 Å². The van der Waals surface area contributed by atoms with Gasteiger partial charge in [0.15, 0.2) is 11.5 Å². The molecule has 4 rings (SSSR count). The van der Waals surface area contributed by atoms with Crippen molar-refractivity contribution in [2.45, 2.75) is 17.2 Å². The Morgan fingerprint density at radius 3 is 2.82 bits per heavy atom. The predicted molar refractivity (Wildman–Crippen MR) is 77.4 cm³/mol. The van der Waals surface area contributed by atoms with Crippen LogP contribution < -0.4 is 9.47 Å². The molecule has 116 valence electrons. The lowest BCUT2D eigenvalue weighted by molar-refractivity contribution is 0.174. The Bertz CT molecular complexity index is 784. The van der Waals surface area contributed by atoms with Crippen molar-refractivity contribution in [3.8, 4) is 11.5 Å². The number of benzene rings is 1. The molecule has 0 aliphatic carbocycles. The van der Waals surface area contributed by atoms with E-state index in [0.29, 0.717) is 24.6 Å². The Hall–Kier alpha value is -1.99. The summed E-state index contributed by atoms with van der Waals surface area (Å²) in [6.45, 7) is 1.05. The summed E-state index contributed by atoms with van der Waals surface area (Å²) in [4.78, 5) is 0.233. The molecule has 1 unspecified atom stereocenters. The quantitative estimate of drug-likeness (QED) is 0.867. The molecule has 1 atom stereocenters. The van der Waals surface area contributed by atoms with E-state index in [0.717, 1.165) is 12.2 Å². The van der Waals surface area contributed by atoms with Crippen molar-refractivity contribution in [1.82, 2.24) is 4.31 Å². The highest BCUT2D eigenvalue weighted by Gasteiger charge is 2.35. The minimum atomic E-state index is -3.53. The highest BCUT2D eigenvalue weighted by atomic mass is 32.2. The molecule has 3 heterocycles. The number of sulfonamides is 1. The summed E-state index contributed by atoms with van der Waals surface area (Å²) >= 11 is 0. The second-order valence-electron chi connectivity index (χ2n) is 5.38. The van der Waals surface area contributed by atoms with E-state index in [4.69, 9.17) is 13.9 Å². The zero-order valence-corrected chi connectivity index (χ0v) is 12.6. The smallest absolute Gasteiger partial charge is 0.243 e. The Morgan fingerprint density at radius 1 is 1.14 bits per heavy atom. The summed E-state index contributed by atoms with van der Waals surface area (Å²) in [5.74, 6) is 2.00. The average Bonchev–Trinajstić information content (AvgIpc) is 3.25. The standard InChI is InChI=1S/C15H15NO5S/c17-22(18,12-3-4-14-15(8-12)21-10-20-14)16-6-5-11(9-16)13-2-1-7-19-13/h1-4,7-8,11H,5-6,9-10H2. The molecule has 0 radical (unpaired) electrons. The molecule has 0 bridgehead atoms. The Balaban J connectivity index is 1.59. The van der Waals surface area contributed by atoms with Crippen LogP contribution in [0.25, 0.3) is 0 Å². The molecule has 2 aromatic rings. The maximum Gasteiger partial charge on any atom is 0.243 e. The second kappa shape index (κ2) is 5.03. The van der Waals surface area contributed by atoms with Crippen LogP contribution in [-0.4, -0.2) is 32.6 Å². The molecule has 2 aliphatic rings. The first-order chi connectivity index (χ1) is 10.6. The molecule has 1 aromatic carbocycles. The van der Waals surface area contributed by atoms with Gasteiger partial charge in [0, 0.05) is 25.1 Å². The molecule has 0 N–H and O–H groups in total. The molecule has 2 aliphatic heterocycles. The lowest BCUT2D eigenvalue weighted by Gasteiger charge is -2.16. The van der Waals surface area contributed by atoms with E-state index in [1.807, 2.05) is 12.1 Å². The summed E-state index contributed by atoms with van der Waals surface area (Å²) in [6, 6.07) is 8.43. The lowest BCUT2D eigenvalue weighted by atomic mass is 10.1. The summed E-state index contributed by atoms with van der Waals surface area (Å²) in [6.07, 6.45) is 2.38. The zero-order valence-electron chi connectivity index (χ0n) is 11.8. The molecule has 0 spiro atoms. The maximum atomic E-state index is 12.7. The third-order valence-corrected chi connectivity index (χ3v) is 5.94. The molecule has 1 saturated heterocycles.